The third kappa shape index (κ3) is 4.07. The van der Waals surface area contributed by atoms with Crippen LogP contribution in [-0.4, -0.2) is 40.1 Å². The van der Waals surface area contributed by atoms with Crippen molar-refractivity contribution in [1.29, 1.82) is 0 Å². The Morgan fingerprint density at radius 2 is 2.05 bits per heavy atom. The molecule has 0 bridgehead atoms. The molecule has 0 spiro atoms. The van der Waals surface area contributed by atoms with Crippen molar-refractivity contribution in [2.24, 2.45) is 0 Å². The summed E-state index contributed by atoms with van der Waals surface area (Å²) in [5.74, 6) is 0. The number of aromatic amines is 1. The van der Waals surface area contributed by atoms with E-state index in [1.807, 2.05) is 0 Å². The highest BCUT2D eigenvalue weighted by Gasteiger charge is 2.44. The van der Waals surface area contributed by atoms with E-state index in [1.54, 1.807) is 6.92 Å². The maximum atomic E-state index is 11.2. The molecule has 1 unspecified atom stereocenters. The van der Waals surface area contributed by atoms with Gasteiger partial charge in [0.1, 0.15) is 24.4 Å². The van der Waals surface area contributed by atoms with Crippen molar-refractivity contribution < 1.29 is 24.0 Å². The van der Waals surface area contributed by atoms with Gasteiger partial charge in [-0.1, -0.05) is 0 Å². The smallest absolute Gasteiger partial charge is 0.380 e. The first kappa shape index (κ1) is 17.0. The lowest BCUT2D eigenvalue weighted by molar-refractivity contribution is -0.0155. The maximum Gasteiger partial charge on any atom is 0.380 e. The van der Waals surface area contributed by atoms with Gasteiger partial charge in [0.25, 0.3) is 0 Å². The van der Waals surface area contributed by atoms with E-state index in [-0.39, 0.29) is 12.2 Å². The summed E-state index contributed by atoms with van der Waals surface area (Å²) < 4.78 is 21.3. The monoisotopic (exact) mass is 357 g/mol. The average Bonchev–Trinajstić information content (AvgIpc) is 2.64. The van der Waals surface area contributed by atoms with E-state index in [1.165, 1.54) is 12.1 Å². The Labute approximate surface area is 129 Å². The third-order valence-electron chi connectivity index (χ3n) is 3.22. The quantitative estimate of drug-likeness (QED) is 0.703. The molecule has 3 N–H and O–H groups in total. The SMILES string of the molecule is Cc1[nH]c(=O)ccc1[C@@H]1O[C@H](COP(=O)(Cl)Cl)C(O)[C@@H]1O. The third-order valence-corrected chi connectivity index (χ3v) is 4.25. The molecular weight excluding hydrogens is 344 g/mol. The molecule has 1 aliphatic rings. The van der Waals surface area contributed by atoms with Crippen LogP contribution in [0.2, 0.25) is 0 Å². The molecule has 2 heterocycles. The number of aryl methyl sites for hydroxylation is 1. The number of aliphatic hydroxyl groups is 2. The van der Waals surface area contributed by atoms with Gasteiger partial charge < -0.3 is 24.5 Å². The fourth-order valence-electron chi connectivity index (χ4n) is 2.20. The van der Waals surface area contributed by atoms with Gasteiger partial charge in [0.15, 0.2) is 0 Å². The molecule has 118 valence electrons. The fourth-order valence-corrected chi connectivity index (χ4v) is 2.86. The molecule has 21 heavy (non-hydrogen) atoms. The number of nitrogens with one attached hydrogen (secondary N) is 1. The Morgan fingerprint density at radius 1 is 1.38 bits per heavy atom. The van der Waals surface area contributed by atoms with Crippen LogP contribution in [0.15, 0.2) is 16.9 Å². The summed E-state index contributed by atoms with van der Waals surface area (Å²) in [6, 6.07) is 2.80. The predicted molar refractivity (Wildman–Crippen MR) is 76.7 cm³/mol. The molecule has 0 aliphatic carbocycles. The summed E-state index contributed by atoms with van der Waals surface area (Å²) in [6.45, 7) is 1.32. The highest BCUT2D eigenvalue weighted by Crippen LogP contribution is 2.57. The Bertz CT molecular complexity index is 617. The number of hydrogen-bond acceptors (Lipinski definition) is 6. The largest absolute Gasteiger partial charge is 0.387 e. The summed E-state index contributed by atoms with van der Waals surface area (Å²) in [5.41, 5.74) is 0.763. The summed E-state index contributed by atoms with van der Waals surface area (Å²) in [5, 5.41) is 20.0. The zero-order valence-corrected chi connectivity index (χ0v) is 13.3. The van der Waals surface area contributed by atoms with Crippen LogP contribution in [0.1, 0.15) is 17.4 Å². The number of halogens is 2. The molecule has 1 aliphatic heterocycles. The van der Waals surface area contributed by atoms with Gasteiger partial charge in [0, 0.05) is 17.3 Å². The number of hydrogen-bond donors (Lipinski definition) is 3. The van der Waals surface area contributed by atoms with Crippen LogP contribution in [0.25, 0.3) is 0 Å². The van der Waals surface area contributed by atoms with Crippen molar-refractivity contribution in [3.8, 4) is 0 Å². The number of aliphatic hydroxyl groups excluding tert-OH is 2. The van der Waals surface area contributed by atoms with E-state index >= 15 is 0 Å². The second kappa shape index (κ2) is 6.38. The Balaban J connectivity index is 2.16. The minimum atomic E-state index is -3.75. The Morgan fingerprint density at radius 3 is 2.62 bits per heavy atom. The normalized spacial score (nSPS) is 29.8. The van der Waals surface area contributed by atoms with Gasteiger partial charge in [0.2, 0.25) is 5.56 Å². The van der Waals surface area contributed by atoms with Crippen LogP contribution in [0, 0.1) is 6.92 Å². The van der Waals surface area contributed by atoms with Crippen LogP contribution >= 0.6 is 28.6 Å². The molecule has 0 amide bonds. The number of pyridine rings is 1. The molecule has 4 atom stereocenters. The van der Waals surface area contributed by atoms with Gasteiger partial charge in [0.05, 0.1) is 6.61 Å². The van der Waals surface area contributed by atoms with Gasteiger partial charge in [-0.05, 0) is 35.5 Å². The van der Waals surface area contributed by atoms with E-state index in [0.717, 1.165) is 0 Å². The molecule has 1 aromatic rings. The lowest BCUT2D eigenvalue weighted by Crippen LogP contribution is -2.33. The predicted octanol–water partition coefficient (Wildman–Crippen LogP) is 1.45. The number of ether oxygens (including phenoxy) is 1. The van der Waals surface area contributed by atoms with Crippen LogP contribution in [-0.2, 0) is 13.8 Å². The maximum absolute atomic E-state index is 11.2. The van der Waals surface area contributed by atoms with E-state index < -0.39 is 30.5 Å². The lowest BCUT2D eigenvalue weighted by Gasteiger charge is -2.16. The fraction of sp³-hybridized carbons (Fsp3) is 0.545. The van der Waals surface area contributed by atoms with E-state index in [4.69, 9.17) is 31.7 Å². The highest BCUT2D eigenvalue weighted by atomic mass is 35.9. The first-order valence-electron chi connectivity index (χ1n) is 6.04. The molecule has 7 nitrogen and oxygen atoms in total. The molecule has 0 saturated carbocycles. The molecule has 0 radical (unpaired) electrons. The van der Waals surface area contributed by atoms with Gasteiger partial charge in [-0.2, -0.15) is 0 Å². The van der Waals surface area contributed by atoms with Crippen molar-refractivity contribution in [2.45, 2.75) is 31.3 Å². The summed E-state index contributed by atoms with van der Waals surface area (Å²) in [6.07, 6.45) is -8.03. The summed E-state index contributed by atoms with van der Waals surface area (Å²) in [4.78, 5) is 13.8. The van der Waals surface area contributed by atoms with Gasteiger partial charge in [-0.15, -0.1) is 0 Å². The van der Waals surface area contributed by atoms with Crippen molar-refractivity contribution >= 4 is 28.6 Å². The molecule has 2 rings (SSSR count). The Hall–Kier alpha value is -0.400. The molecule has 1 fully saturated rings. The lowest BCUT2D eigenvalue weighted by atomic mass is 10.0. The number of H-pyrrole nitrogens is 1. The van der Waals surface area contributed by atoms with Crippen LogP contribution in [0.4, 0.5) is 0 Å². The van der Waals surface area contributed by atoms with E-state index in [2.05, 4.69) is 4.98 Å². The molecule has 10 heteroatoms. The topological polar surface area (TPSA) is 109 Å². The van der Waals surface area contributed by atoms with Gasteiger partial charge >= 0.3 is 6.07 Å². The molecular formula is C11H14Cl2NO6P. The molecule has 1 aromatic heterocycles. The van der Waals surface area contributed by atoms with E-state index in [9.17, 15) is 19.6 Å². The van der Waals surface area contributed by atoms with Crippen LogP contribution in [0.3, 0.4) is 0 Å². The minimum Gasteiger partial charge on any atom is -0.387 e. The zero-order valence-electron chi connectivity index (χ0n) is 10.9. The van der Waals surface area contributed by atoms with Crippen molar-refractivity contribution in [3.05, 3.63) is 33.7 Å². The number of aromatic nitrogens is 1. The zero-order chi connectivity index (χ0) is 15.8. The van der Waals surface area contributed by atoms with Gasteiger partial charge in [-0.25, -0.2) is 0 Å². The van der Waals surface area contributed by atoms with E-state index in [0.29, 0.717) is 11.3 Å². The van der Waals surface area contributed by atoms with Crippen molar-refractivity contribution in [1.82, 2.24) is 4.98 Å². The van der Waals surface area contributed by atoms with Crippen LogP contribution in [0.5, 0.6) is 0 Å². The second-order valence-electron chi connectivity index (χ2n) is 4.69. The summed E-state index contributed by atoms with van der Waals surface area (Å²) >= 11 is 10.5. The van der Waals surface area contributed by atoms with Crippen molar-refractivity contribution in [3.63, 3.8) is 0 Å². The average molecular weight is 358 g/mol. The minimum absolute atomic E-state index is 0.283. The van der Waals surface area contributed by atoms with Crippen LogP contribution < -0.4 is 5.56 Å². The summed E-state index contributed by atoms with van der Waals surface area (Å²) in [7, 11) is 0. The molecule has 1 saturated heterocycles. The first-order chi connectivity index (χ1) is 9.69. The first-order valence-corrected chi connectivity index (χ1v) is 9.48. The second-order valence-corrected chi connectivity index (χ2v) is 8.97. The number of rotatable bonds is 4. The Kier molecular flexibility index (Phi) is 5.15. The van der Waals surface area contributed by atoms with Gasteiger partial charge in [-0.3, -0.25) is 9.36 Å². The molecule has 0 aromatic carbocycles. The van der Waals surface area contributed by atoms with Crippen molar-refractivity contribution in [2.75, 3.05) is 6.61 Å². The standard InChI is InChI=1S/C11H14Cl2NO6P/c1-5-6(2-3-8(15)14-5)11-10(17)9(16)7(20-11)4-19-21(12,13)18/h2-3,7,9-11,16-17H,4H2,1H3,(H,14,15)/t7-,9?,10+,11+/m1/s1. The highest BCUT2D eigenvalue weighted by molar-refractivity contribution is 8.05.